The van der Waals surface area contributed by atoms with Crippen molar-refractivity contribution in [2.75, 3.05) is 13.7 Å². The van der Waals surface area contributed by atoms with Gasteiger partial charge in [-0.1, -0.05) is 0 Å². The van der Waals surface area contributed by atoms with Gasteiger partial charge >= 0.3 is 0 Å². The summed E-state index contributed by atoms with van der Waals surface area (Å²) in [7, 11) is 1.32. The van der Waals surface area contributed by atoms with Crippen LogP contribution in [0.5, 0.6) is 0 Å². The lowest BCUT2D eigenvalue weighted by molar-refractivity contribution is -0.875. The van der Waals surface area contributed by atoms with Crippen molar-refractivity contribution in [3.05, 3.63) is 10.1 Å². The molecule has 5 heteroatoms. The van der Waals surface area contributed by atoms with Gasteiger partial charge < -0.3 is 5.21 Å². The second-order valence-corrected chi connectivity index (χ2v) is 1.02. The van der Waals surface area contributed by atoms with Gasteiger partial charge in [-0.15, -0.1) is 10.3 Å². The zero-order chi connectivity index (χ0) is 5.70. The van der Waals surface area contributed by atoms with Crippen molar-refractivity contribution in [1.29, 1.82) is 0 Å². The summed E-state index contributed by atoms with van der Waals surface area (Å²) in [5, 5.41) is 12.1. The first-order chi connectivity index (χ1) is 3.27. The summed E-state index contributed by atoms with van der Waals surface area (Å²) < 4.78 is 0. The van der Waals surface area contributed by atoms with Crippen molar-refractivity contribution < 1.29 is 5.17 Å². The number of nitroso groups, excluding NO2 is 1. The predicted octanol–water partition coefficient (Wildman–Crippen LogP) is -1.77. The number of hydroxylamine groups is 1. The molecule has 0 bridgehead atoms. The average molecular weight is 105 g/mol. The second kappa shape index (κ2) is 3.66. The van der Waals surface area contributed by atoms with E-state index in [2.05, 4.69) is 10.6 Å². The Kier molecular flexibility index (Phi) is 3.39. The number of rotatable bonds is 3. The molecule has 0 aliphatic heterocycles. The third-order valence-electron chi connectivity index (χ3n) is 0.393. The molecule has 0 spiro atoms. The molecule has 0 radical (unpaired) electrons. The molecule has 5 nitrogen and oxygen atoms in total. The number of nitrogens with zero attached hydrogens (tertiary/aromatic N) is 1. The maximum atomic E-state index is 9.89. The zero-order valence-electron chi connectivity index (χ0n) is 3.97. The van der Waals surface area contributed by atoms with Gasteiger partial charge in [0.2, 0.25) is 0 Å². The molecule has 0 saturated carbocycles. The van der Waals surface area contributed by atoms with Crippen LogP contribution in [0.25, 0.3) is 0 Å². The third-order valence-corrected chi connectivity index (χ3v) is 0.393. The summed E-state index contributed by atoms with van der Waals surface area (Å²) in [6.45, 7) is -0.130. The van der Waals surface area contributed by atoms with Gasteiger partial charge in [0, 0.05) is 0 Å². The first-order valence-electron chi connectivity index (χ1n) is 1.81. The van der Waals surface area contributed by atoms with Gasteiger partial charge in [-0.25, -0.2) is 0 Å². The summed E-state index contributed by atoms with van der Waals surface area (Å²) in [5.41, 5.74) is 2.18. The van der Waals surface area contributed by atoms with E-state index >= 15 is 0 Å². The Labute approximate surface area is 40.8 Å². The van der Waals surface area contributed by atoms with E-state index in [0.717, 1.165) is 0 Å². The number of nitrogens with one attached hydrogen (secondary N) is 2. The number of hydrogen-bond acceptors (Lipinski definition) is 4. The van der Waals surface area contributed by atoms with E-state index in [1.807, 2.05) is 0 Å². The Balaban J connectivity index is 2.81. The lowest BCUT2D eigenvalue weighted by Gasteiger charge is -2.12. The standard InChI is InChI=1S/C2H7N3O2/c1-5(7)3-2-4-6/h3,5H,2H2,1H3. The lowest BCUT2D eigenvalue weighted by Crippen LogP contribution is -3.11. The van der Waals surface area contributed by atoms with Crippen LogP contribution in [0.15, 0.2) is 5.18 Å². The van der Waals surface area contributed by atoms with Gasteiger partial charge in [-0.3, -0.25) is 5.17 Å². The van der Waals surface area contributed by atoms with Crippen LogP contribution in [-0.4, -0.2) is 13.7 Å². The van der Waals surface area contributed by atoms with E-state index in [-0.39, 0.29) is 11.8 Å². The Bertz CT molecular complexity index is 54.9. The molecule has 0 aromatic rings. The highest BCUT2D eigenvalue weighted by atomic mass is 16.5. The van der Waals surface area contributed by atoms with Crippen molar-refractivity contribution >= 4 is 0 Å². The van der Waals surface area contributed by atoms with Crippen LogP contribution in [0.3, 0.4) is 0 Å². The van der Waals surface area contributed by atoms with Crippen LogP contribution < -0.4 is 10.6 Å². The summed E-state index contributed by atoms with van der Waals surface area (Å²) in [6.07, 6.45) is 0. The van der Waals surface area contributed by atoms with Gasteiger partial charge in [0.1, 0.15) is 0 Å². The van der Waals surface area contributed by atoms with E-state index in [4.69, 9.17) is 0 Å². The van der Waals surface area contributed by atoms with Gasteiger partial charge in [-0.2, -0.15) is 0 Å². The largest absolute Gasteiger partial charge is 0.613 e. The minimum Gasteiger partial charge on any atom is -0.613 e. The van der Waals surface area contributed by atoms with Gasteiger partial charge in [0.15, 0.2) is 6.67 Å². The highest BCUT2D eigenvalue weighted by molar-refractivity contribution is 4.21. The maximum Gasteiger partial charge on any atom is 0.177 e. The average Bonchev–Trinajstić information content (AvgIpc) is 1.61. The minimum absolute atomic E-state index is 0.130. The van der Waals surface area contributed by atoms with Gasteiger partial charge in [0.05, 0.1) is 7.05 Å². The molecule has 0 aromatic heterocycles. The van der Waals surface area contributed by atoms with Crippen molar-refractivity contribution in [3.63, 3.8) is 0 Å². The molecular weight excluding hydrogens is 98.0 g/mol. The summed E-state index contributed by atoms with van der Waals surface area (Å²) in [4.78, 5) is 9.24. The topological polar surface area (TPSA) is 69.0 Å². The molecule has 0 fully saturated rings. The highest BCUT2D eigenvalue weighted by Crippen LogP contribution is 1.46. The minimum atomic E-state index is -0.236. The van der Waals surface area contributed by atoms with Crippen LogP contribution in [0, 0.1) is 10.1 Å². The Hall–Kier alpha value is -0.520. The van der Waals surface area contributed by atoms with Crippen molar-refractivity contribution in [1.82, 2.24) is 5.43 Å². The van der Waals surface area contributed by atoms with Crippen molar-refractivity contribution in [3.8, 4) is 0 Å². The Morgan fingerprint density at radius 3 is 2.71 bits per heavy atom. The summed E-state index contributed by atoms with van der Waals surface area (Å²) in [5.74, 6) is 0. The molecule has 7 heavy (non-hydrogen) atoms. The fourth-order valence-corrected chi connectivity index (χ4v) is 0.144. The molecular formula is C2H7N3O2. The summed E-state index contributed by atoms with van der Waals surface area (Å²) >= 11 is 0. The molecule has 42 valence electrons. The Morgan fingerprint density at radius 1 is 2.00 bits per heavy atom. The quantitative estimate of drug-likeness (QED) is 0.329. The fourth-order valence-electron chi connectivity index (χ4n) is 0.144. The molecule has 1 atom stereocenters. The third kappa shape index (κ3) is 5.48. The smallest absolute Gasteiger partial charge is 0.177 e. The molecule has 0 heterocycles. The van der Waals surface area contributed by atoms with Crippen LogP contribution in [0.1, 0.15) is 0 Å². The molecule has 0 aromatic carbocycles. The molecule has 2 N–H and O–H groups in total. The normalized spacial score (nSPS) is 13.4. The van der Waals surface area contributed by atoms with Gasteiger partial charge in [-0.05, 0) is 5.18 Å². The first kappa shape index (κ1) is 6.48. The van der Waals surface area contributed by atoms with E-state index in [1.54, 1.807) is 0 Å². The molecule has 0 aliphatic rings. The van der Waals surface area contributed by atoms with Crippen LogP contribution in [0.2, 0.25) is 0 Å². The molecule has 0 rings (SSSR count). The monoisotopic (exact) mass is 105 g/mol. The van der Waals surface area contributed by atoms with Gasteiger partial charge in [0.25, 0.3) is 0 Å². The SMILES string of the molecule is C[NH+]([O-])NCN=O. The zero-order valence-corrected chi connectivity index (χ0v) is 3.97. The maximum absolute atomic E-state index is 9.89. The number of quaternary nitrogens is 1. The lowest BCUT2D eigenvalue weighted by atomic mass is 11.2. The second-order valence-electron chi connectivity index (χ2n) is 1.02. The van der Waals surface area contributed by atoms with E-state index in [0.29, 0.717) is 0 Å². The molecule has 0 aliphatic carbocycles. The fraction of sp³-hybridized carbons (Fsp3) is 1.00. The predicted molar refractivity (Wildman–Crippen MR) is 24.1 cm³/mol. The van der Waals surface area contributed by atoms with E-state index in [9.17, 15) is 10.1 Å². The Morgan fingerprint density at radius 2 is 2.57 bits per heavy atom. The number of hydrogen-bond donors (Lipinski definition) is 2. The van der Waals surface area contributed by atoms with E-state index in [1.165, 1.54) is 7.05 Å². The molecule has 1 unspecified atom stereocenters. The first-order valence-corrected chi connectivity index (χ1v) is 1.81. The highest BCUT2D eigenvalue weighted by Gasteiger charge is 1.80. The molecule has 0 saturated heterocycles. The van der Waals surface area contributed by atoms with Crippen molar-refractivity contribution in [2.45, 2.75) is 0 Å². The van der Waals surface area contributed by atoms with Crippen LogP contribution in [0.4, 0.5) is 0 Å². The van der Waals surface area contributed by atoms with Crippen LogP contribution in [-0.2, 0) is 0 Å². The van der Waals surface area contributed by atoms with Crippen molar-refractivity contribution in [2.24, 2.45) is 5.18 Å². The molecule has 0 amide bonds. The van der Waals surface area contributed by atoms with E-state index < -0.39 is 0 Å². The van der Waals surface area contributed by atoms with Crippen LogP contribution >= 0.6 is 0 Å². The summed E-state index contributed by atoms with van der Waals surface area (Å²) in [6, 6.07) is 0.